The number of anilines is 2. The van der Waals surface area contributed by atoms with Crippen molar-refractivity contribution in [1.82, 2.24) is 5.32 Å². The molecule has 0 saturated carbocycles. The van der Waals surface area contributed by atoms with E-state index in [-0.39, 0.29) is 5.69 Å². The van der Waals surface area contributed by atoms with Gasteiger partial charge in [0.15, 0.2) is 5.58 Å². The van der Waals surface area contributed by atoms with Gasteiger partial charge in [0.2, 0.25) is 0 Å². The van der Waals surface area contributed by atoms with Gasteiger partial charge in [0.05, 0.1) is 5.69 Å². The lowest BCUT2D eigenvalue weighted by atomic mass is 10.1. The number of piperazine rings is 1. The van der Waals surface area contributed by atoms with Crippen LogP contribution in [0.2, 0.25) is 0 Å². The molecule has 5 N–H and O–H groups in total. The highest BCUT2D eigenvalue weighted by atomic mass is 16.4. The van der Waals surface area contributed by atoms with Crippen molar-refractivity contribution in [2.45, 2.75) is 0 Å². The molecule has 0 unspecified atom stereocenters. The molecule has 0 spiro atoms. The zero-order valence-corrected chi connectivity index (χ0v) is 13.8. The van der Waals surface area contributed by atoms with E-state index < -0.39 is 17.6 Å². The third-order valence-electron chi connectivity index (χ3n) is 3.59. The van der Waals surface area contributed by atoms with Crippen LogP contribution in [0.4, 0.5) is 11.4 Å². The van der Waals surface area contributed by atoms with Crippen molar-refractivity contribution in [3.05, 3.63) is 46.8 Å². The highest BCUT2D eigenvalue weighted by Crippen LogP contribution is 2.26. The van der Waals surface area contributed by atoms with Crippen LogP contribution < -0.4 is 21.6 Å². The van der Waals surface area contributed by atoms with Crippen LogP contribution in [0.1, 0.15) is 0 Å². The number of carboxylic acid groups (broad SMARTS) is 2. The molecule has 1 aliphatic rings. The monoisotopic (exact) mass is 361 g/mol. The number of aliphatic carboxylic acids is 2. The van der Waals surface area contributed by atoms with E-state index in [4.69, 9.17) is 20.4 Å². The summed E-state index contributed by atoms with van der Waals surface area (Å²) in [5, 5.41) is 19.8. The Labute approximate surface area is 148 Å². The number of hydrogen-bond acceptors (Lipinski definition) is 7. The Bertz CT molecular complexity index is 868. The van der Waals surface area contributed by atoms with Gasteiger partial charge in [-0.15, -0.1) is 0 Å². The Morgan fingerprint density at radius 2 is 1.77 bits per heavy atom. The lowest BCUT2D eigenvalue weighted by molar-refractivity contribution is -0.134. The third kappa shape index (κ3) is 5.08. The fraction of sp³-hybridized carbons (Fsp3) is 0.235. The molecule has 26 heavy (non-hydrogen) atoms. The van der Waals surface area contributed by atoms with E-state index in [0.29, 0.717) is 17.7 Å². The number of para-hydroxylation sites is 1. The average Bonchev–Trinajstić information content (AvgIpc) is 2.62. The Morgan fingerprint density at radius 1 is 1.15 bits per heavy atom. The number of nitrogens with one attached hydrogen (secondary N) is 1. The number of fused-ring (bicyclic) bond motifs is 1. The summed E-state index contributed by atoms with van der Waals surface area (Å²) >= 11 is 0. The van der Waals surface area contributed by atoms with E-state index in [1.807, 2.05) is 18.2 Å². The maximum absolute atomic E-state index is 11.5. The molecule has 0 amide bonds. The maximum atomic E-state index is 11.5. The minimum absolute atomic E-state index is 0.153. The Balaban J connectivity index is 0.000000260. The third-order valence-corrected chi connectivity index (χ3v) is 3.59. The van der Waals surface area contributed by atoms with Crippen LogP contribution in [-0.2, 0) is 9.59 Å². The SMILES string of the molecule is Nc1cc2cccc(N3CCNCC3)c2oc1=O.O=C(O)/C=C/C(=O)O. The summed E-state index contributed by atoms with van der Waals surface area (Å²) in [7, 11) is 0. The number of hydrogen-bond donors (Lipinski definition) is 4. The average molecular weight is 361 g/mol. The van der Waals surface area contributed by atoms with Crippen LogP contribution in [0.3, 0.4) is 0 Å². The first-order chi connectivity index (χ1) is 12.4. The summed E-state index contributed by atoms with van der Waals surface area (Å²) in [4.78, 5) is 32.9. The number of benzene rings is 1. The van der Waals surface area contributed by atoms with E-state index in [1.165, 1.54) is 0 Å². The molecule has 3 rings (SSSR count). The summed E-state index contributed by atoms with van der Waals surface area (Å²) in [5.74, 6) is -2.51. The van der Waals surface area contributed by atoms with Crippen molar-refractivity contribution in [3.8, 4) is 0 Å². The molecule has 0 bridgehead atoms. The van der Waals surface area contributed by atoms with Gasteiger partial charge in [-0.2, -0.15) is 0 Å². The molecule has 1 aromatic carbocycles. The van der Waals surface area contributed by atoms with Gasteiger partial charge in [0.25, 0.3) is 0 Å². The number of carboxylic acids is 2. The highest BCUT2D eigenvalue weighted by Gasteiger charge is 2.15. The minimum atomic E-state index is -1.26. The van der Waals surface area contributed by atoms with Crippen LogP contribution in [-0.4, -0.2) is 48.3 Å². The number of nitrogens with two attached hydrogens (primary N) is 1. The summed E-state index contributed by atoms with van der Waals surface area (Å²) in [5.41, 5.74) is 6.86. The second kappa shape index (κ2) is 8.67. The molecule has 0 radical (unpaired) electrons. The Morgan fingerprint density at radius 3 is 2.35 bits per heavy atom. The summed E-state index contributed by atoms with van der Waals surface area (Å²) in [6.45, 7) is 3.70. The zero-order valence-electron chi connectivity index (χ0n) is 13.8. The number of carbonyl (C=O) groups is 2. The smallest absolute Gasteiger partial charge is 0.359 e. The summed E-state index contributed by atoms with van der Waals surface area (Å²) in [6.07, 6.45) is 1.12. The first kappa shape index (κ1) is 19.0. The van der Waals surface area contributed by atoms with E-state index in [9.17, 15) is 14.4 Å². The molecule has 138 valence electrons. The molecule has 9 nitrogen and oxygen atoms in total. The molecular weight excluding hydrogens is 342 g/mol. The second-order valence-electron chi connectivity index (χ2n) is 5.43. The molecule has 1 saturated heterocycles. The largest absolute Gasteiger partial charge is 0.478 e. The fourth-order valence-corrected chi connectivity index (χ4v) is 2.44. The first-order valence-electron chi connectivity index (χ1n) is 7.80. The Kier molecular flexibility index (Phi) is 6.34. The highest BCUT2D eigenvalue weighted by molar-refractivity contribution is 5.90. The predicted molar refractivity (Wildman–Crippen MR) is 96.4 cm³/mol. The van der Waals surface area contributed by atoms with Crippen LogP contribution in [0.15, 0.2) is 45.6 Å². The zero-order chi connectivity index (χ0) is 19.1. The Hall–Kier alpha value is -3.33. The van der Waals surface area contributed by atoms with E-state index in [0.717, 1.165) is 37.3 Å². The predicted octanol–water partition coefficient (Wildman–Crippen LogP) is 0.497. The van der Waals surface area contributed by atoms with E-state index in [1.54, 1.807) is 6.07 Å². The van der Waals surface area contributed by atoms with Crippen molar-refractivity contribution < 1.29 is 24.2 Å². The molecule has 1 aliphatic heterocycles. The molecule has 0 aliphatic carbocycles. The van der Waals surface area contributed by atoms with Crippen LogP contribution in [0.25, 0.3) is 11.0 Å². The normalized spacial score (nSPS) is 14.1. The van der Waals surface area contributed by atoms with Gasteiger partial charge in [0, 0.05) is 43.7 Å². The van der Waals surface area contributed by atoms with Crippen molar-refractivity contribution in [2.24, 2.45) is 0 Å². The quantitative estimate of drug-likeness (QED) is 0.453. The van der Waals surface area contributed by atoms with Crippen LogP contribution in [0.5, 0.6) is 0 Å². The molecule has 0 atom stereocenters. The molecule has 2 aromatic rings. The number of nitrogen functional groups attached to an aromatic ring is 1. The van der Waals surface area contributed by atoms with Crippen molar-refractivity contribution >= 4 is 34.3 Å². The lowest BCUT2D eigenvalue weighted by Crippen LogP contribution is -2.43. The topological polar surface area (TPSA) is 146 Å². The summed E-state index contributed by atoms with van der Waals surface area (Å²) < 4.78 is 5.33. The minimum Gasteiger partial charge on any atom is -0.478 e. The maximum Gasteiger partial charge on any atom is 0.359 e. The van der Waals surface area contributed by atoms with Gasteiger partial charge in [-0.3, -0.25) is 0 Å². The molecular formula is C17H19N3O6. The van der Waals surface area contributed by atoms with Gasteiger partial charge in [-0.1, -0.05) is 12.1 Å². The van der Waals surface area contributed by atoms with E-state index >= 15 is 0 Å². The standard InChI is InChI=1S/C13H15N3O2.C4H4O4/c14-10-8-9-2-1-3-11(12(9)18-13(10)17)16-6-4-15-5-7-16;5-3(6)1-2-4(7)8/h1-3,8,15H,4-7,14H2;1-2H,(H,5,6)(H,7,8)/b;2-1+. The lowest BCUT2D eigenvalue weighted by Gasteiger charge is -2.29. The molecule has 9 heteroatoms. The molecule has 2 heterocycles. The van der Waals surface area contributed by atoms with Crippen molar-refractivity contribution in [1.29, 1.82) is 0 Å². The van der Waals surface area contributed by atoms with Gasteiger partial charge in [-0.25, -0.2) is 14.4 Å². The van der Waals surface area contributed by atoms with Crippen molar-refractivity contribution in [2.75, 3.05) is 36.8 Å². The van der Waals surface area contributed by atoms with Crippen LogP contribution in [0, 0.1) is 0 Å². The van der Waals surface area contributed by atoms with Crippen molar-refractivity contribution in [3.63, 3.8) is 0 Å². The van der Waals surface area contributed by atoms with Gasteiger partial charge >= 0.3 is 17.6 Å². The number of rotatable bonds is 3. The van der Waals surface area contributed by atoms with Crippen LogP contribution >= 0.6 is 0 Å². The van der Waals surface area contributed by atoms with Gasteiger partial charge < -0.3 is 30.6 Å². The van der Waals surface area contributed by atoms with Gasteiger partial charge in [-0.05, 0) is 12.1 Å². The summed E-state index contributed by atoms with van der Waals surface area (Å²) in [6, 6.07) is 7.51. The van der Waals surface area contributed by atoms with Gasteiger partial charge in [0.1, 0.15) is 5.69 Å². The second-order valence-corrected chi connectivity index (χ2v) is 5.43. The fourth-order valence-electron chi connectivity index (χ4n) is 2.44. The molecule has 1 fully saturated rings. The number of nitrogens with zero attached hydrogens (tertiary/aromatic N) is 1. The van der Waals surface area contributed by atoms with E-state index in [2.05, 4.69) is 10.2 Å². The first-order valence-corrected chi connectivity index (χ1v) is 7.80. The molecule has 1 aromatic heterocycles.